The van der Waals surface area contributed by atoms with Crippen molar-refractivity contribution >= 4 is 38.9 Å². The van der Waals surface area contributed by atoms with Gasteiger partial charge in [-0.2, -0.15) is 0 Å². The first-order valence-electron chi connectivity index (χ1n) is 5.96. The van der Waals surface area contributed by atoms with E-state index >= 15 is 0 Å². The van der Waals surface area contributed by atoms with Crippen LogP contribution in [0.5, 0.6) is 0 Å². The first kappa shape index (κ1) is 16.1. The number of hydrogen-bond donors (Lipinski definition) is 1. The van der Waals surface area contributed by atoms with Gasteiger partial charge >= 0.3 is 0 Å². The van der Waals surface area contributed by atoms with Crippen LogP contribution in [0.25, 0.3) is 0 Å². The van der Waals surface area contributed by atoms with E-state index < -0.39 is 15.8 Å². The number of rotatable bonds is 3. The van der Waals surface area contributed by atoms with E-state index in [0.717, 1.165) is 0 Å². The van der Waals surface area contributed by atoms with Crippen molar-refractivity contribution in [2.75, 3.05) is 4.72 Å². The Kier molecular flexibility index (Phi) is 4.46. The molecule has 7 heteroatoms. The van der Waals surface area contributed by atoms with Gasteiger partial charge in [0.25, 0.3) is 10.0 Å². The molecule has 0 fully saturated rings. The highest BCUT2D eigenvalue weighted by Gasteiger charge is 2.22. The van der Waals surface area contributed by atoms with Crippen LogP contribution in [-0.2, 0) is 10.0 Å². The number of aryl methyl sites for hydroxylation is 1. The summed E-state index contributed by atoms with van der Waals surface area (Å²) in [5.41, 5.74) is 0.495. The lowest BCUT2D eigenvalue weighted by Crippen LogP contribution is -2.15. The first-order chi connectivity index (χ1) is 9.74. The lowest BCUT2D eigenvalue weighted by atomic mass is 10.1. The highest BCUT2D eigenvalue weighted by atomic mass is 35.5. The fourth-order valence-electron chi connectivity index (χ4n) is 1.88. The molecule has 21 heavy (non-hydrogen) atoms. The van der Waals surface area contributed by atoms with E-state index in [-0.39, 0.29) is 26.2 Å². The maximum Gasteiger partial charge on any atom is 0.262 e. The molecule has 0 aliphatic carbocycles. The highest BCUT2D eigenvalue weighted by Crippen LogP contribution is 2.32. The molecule has 0 aliphatic rings. The van der Waals surface area contributed by atoms with Crippen molar-refractivity contribution in [3.05, 3.63) is 57.3 Å². The Bertz CT molecular complexity index is 787. The second-order valence-electron chi connectivity index (χ2n) is 4.52. The third-order valence-corrected chi connectivity index (χ3v) is 5.14. The number of hydrogen-bond acceptors (Lipinski definition) is 2. The van der Waals surface area contributed by atoms with Crippen LogP contribution in [0.3, 0.4) is 0 Å². The summed E-state index contributed by atoms with van der Waals surface area (Å²) < 4.78 is 41.0. The summed E-state index contributed by atoms with van der Waals surface area (Å²) in [7, 11) is -3.99. The van der Waals surface area contributed by atoms with Crippen molar-refractivity contribution in [1.29, 1.82) is 0 Å². The molecule has 0 heterocycles. The molecule has 1 N–H and O–H groups in total. The van der Waals surface area contributed by atoms with E-state index in [1.54, 1.807) is 13.0 Å². The van der Waals surface area contributed by atoms with Crippen LogP contribution in [0, 0.1) is 19.7 Å². The van der Waals surface area contributed by atoms with Gasteiger partial charge in [0, 0.05) is 5.56 Å². The molecule has 0 unspecified atom stereocenters. The lowest BCUT2D eigenvalue weighted by molar-refractivity contribution is 0.587. The van der Waals surface area contributed by atoms with Gasteiger partial charge in [0.2, 0.25) is 0 Å². The topological polar surface area (TPSA) is 46.2 Å². The minimum absolute atomic E-state index is 0.0469. The van der Waals surface area contributed by atoms with E-state index in [9.17, 15) is 12.8 Å². The van der Waals surface area contributed by atoms with Gasteiger partial charge in [-0.25, -0.2) is 12.8 Å². The minimum atomic E-state index is -3.99. The Morgan fingerprint density at radius 1 is 1.05 bits per heavy atom. The van der Waals surface area contributed by atoms with E-state index in [4.69, 9.17) is 23.2 Å². The molecule has 0 radical (unpaired) electrons. The number of halogens is 3. The zero-order valence-corrected chi connectivity index (χ0v) is 13.6. The van der Waals surface area contributed by atoms with Crippen LogP contribution in [0.2, 0.25) is 10.0 Å². The van der Waals surface area contributed by atoms with Crippen molar-refractivity contribution in [3.8, 4) is 0 Å². The molecule has 0 aromatic heterocycles. The quantitative estimate of drug-likeness (QED) is 0.885. The summed E-state index contributed by atoms with van der Waals surface area (Å²) in [4.78, 5) is -0.151. The van der Waals surface area contributed by atoms with Gasteiger partial charge in [-0.3, -0.25) is 4.72 Å². The van der Waals surface area contributed by atoms with Gasteiger partial charge in [0.15, 0.2) is 0 Å². The number of benzene rings is 2. The van der Waals surface area contributed by atoms with Crippen LogP contribution in [-0.4, -0.2) is 8.42 Å². The Morgan fingerprint density at radius 3 is 2.19 bits per heavy atom. The fraction of sp³-hybridized carbons (Fsp3) is 0.143. The monoisotopic (exact) mass is 347 g/mol. The van der Waals surface area contributed by atoms with Gasteiger partial charge in [-0.1, -0.05) is 35.3 Å². The van der Waals surface area contributed by atoms with Gasteiger partial charge in [0.05, 0.1) is 20.6 Å². The molecule has 2 aromatic carbocycles. The Labute approximate surface area is 132 Å². The average molecular weight is 348 g/mol. The Morgan fingerprint density at radius 2 is 1.62 bits per heavy atom. The summed E-state index contributed by atoms with van der Waals surface area (Å²) in [5.74, 6) is -0.553. The predicted molar refractivity (Wildman–Crippen MR) is 83.1 cm³/mol. The first-order valence-corrected chi connectivity index (χ1v) is 8.20. The van der Waals surface area contributed by atoms with Gasteiger partial charge < -0.3 is 0 Å². The normalized spacial score (nSPS) is 11.5. The highest BCUT2D eigenvalue weighted by molar-refractivity contribution is 7.92. The molecule has 0 aliphatic heterocycles. The second-order valence-corrected chi connectivity index (χ2v) is 6.99. The van der Waals surface area contributed by atoms with Gasteiger partial charge in [-0.15, -0.1) is 0 Å². The molecule has 0 spiro atoms. The summed E-state index contributed by atoms with van der Waals surface area (Å²) in [6, 6.07) is 7.37. The Hall–Kier alpha value is -1.30. The zero-order valence-electron chi connectivity index (χ0n) is 11.2. The molecule has 0 saturated heterocycles. The predicted octanol–water partition coefficient (Wildman–Crippen LogP) is 4.55. The standard InChI is InChI=1S/C14H12Cl2FNO2S/c1-8-6-7-12(9(2)13(8)17)21(19,20)18-14-10(15)4-3-5-11(14)16/h3-7,18H,1-2H3. The third-order valence-electron chi connectivity index (χ3n) is 3.02. The molecular formula is C14H12Cl2FNO2S. The van der Waals surface area contributed by atoms with E-state index in [1.165, 1.54) is 31.2 Å². The number of nitrogens with one attached hydrogen (secondary N) is 1. The minimum Gasteiger partial charge on any atom is -0.277 e. The van der Waals surface area contributed by atoms with Crippen LogP contribution in [0.1, 0.15) is 11.1 Å². The molecule has 0 bridgehead atoms. The third kappa shape index (κ3) is 3.15. The molecular weight excluding hydrogens is 336 g/mol. The SMILES string of the molecule is Cc1ccc(S(=O)(=O)Nc2c(Cl)cccc2Cl)c(C)c1F. The van der Waals surface area contributed by atoms with Crippen molar-refractivity contribution in [2.45, 2.75) is 18.7 Å². The molecule has 3 nitrogen and oxygen atoms in total. The van der Waals surface area contributed by atoms with E-state index in [0.29, 0.717) is 5.56 Å². The van der Waals surface area contributed by atoms with Crippen molar-refractivity contribution in [1.82, 2.24) is 0 Å². The molecule has 0 atom stereocenters. The van der Waals surface area contributed by atoms with Gasteiger partial charge in [0.1, 0.15) is 5.82 Å². The van der Waals surface area contributed by atoms with Crippen molar-refractivity contribution in [2.24, 2.45) is 0 Å². The lowest BCUT2D eigenvalue weighted by Gasteiger charge is -2.13. The van der Waals surface area contributed by atoms with Crippen molar-refractivity contribution < 1.29 is 12.8 Å². The zero-order chi connectivity index (χ0) is 15.8. The maximum absolute atomic E-state index is 13.9. The fourth-order valence-corrected chi connectivity index (χ4v) is 3.82. The molecule has 0 amide bonds. The van der Waals surface area contributed by atoms with Crippen LogP contribution >= 0.6 is 23.2 Å². The summed E-state index contributed by atoms with van der Waals surface area (Å²) in [6.07, 6.45) is 0. The van der Waals surface area contributed by atoms with Crippen molar-refractivity contribution in [3.63, 3.8) is 0 Å². The maximum atomic E-state index is 13.9. The summed E-state index contributed by atoms with van der Waals surface area (Å²) >= 11 is 11.9. The van der Waals surface area contributed by atoms with Crippen LogP contribution in [0.15, 0.2) is 35.2 Å². The summed E-state index contributed by atoms with van der Waals surface area (Å²) in [6.45, 7) is 2.97. The van der Waals surface area contributed by atoms with E-state index in [2.05, 4.69) is 4.72 Å². The number of para-hydroxylation sites is 1. The summed E-state index contributed by atoms with van der Waals surface area (Å²) in [5, 5.41) is 0.327. The number of anilines is 1. The largest absolute Gasteiger partial charge is 0.277 e. The molecule has 112 valence electrons. The number of sulfonamides is 1. The van der Waals surface area contributed by atoms with E-state index in [1.807, 2.05) is 0 Å². The molecule has 0 saturated carbocycles. The Balaban J connectivity index is 2.52. The second kappa shape index (κ2) is 5.83. The average Bonchev–Trinajstić information content (AvgIpc) is 2.40. The smallest absolute Gasteiger partial charge is 0.262 e. The van der Waals surface area contributed by atoms with Crippen LogP contribution < -0.4 is 4.72 Å². The molecule has 2 rings (SSSR count). The molecule has 2 aromatic rings. The van der Waals surface area contributed by atoms with Crippen LogP contribution in [0.4, 0.5) is 10.1 Å². The van der Waals surface area contributed by atoms with Gasteiger partial charge in [-0.05, 0) is 37.6 Å².